The summed E-state index contributed by atoms with van der Waals surface area (Å²) in [6.07, 6.45) is 1.77. The van der Waals surface area contributed by atoms with Gasteiger partial charge in [-0.05, 0) is 56.2 Å². The van der Waals surface area contributed by atoms with Gasteiger partial charge in [-0.15, -0.1) is 0 Å². The topological polar surface area (TPSA) is 113 Å². The number of methoxy groups -OCH3 is 2. The van der Waals surface area contributed by atoms with Gasteiger partial charge in [0.2, 0.25) is 5.95 Å². The molecule has 3 aromatic rings. The Hall–Kier alpha value is -4.20. The molecule has 0 unspecified atom stereocenters. The number of aryl methyl sites for hydroxylation is 2. The lowest BCUT2D eigenvalue weighted by Crippen LogP contribution is -2.49. The summed E-state index contributed by atoms with van der Waals surface area (Å²) in [5.41, 5.74) is 6.41. The van der Waals surface area contributed by atoms with Crippen LogP contribution in [0.25, 0.3) is 0 Å². The summed E-state index contributed by atoms with van der Waals surface area (Å²) in [4.78, 5) is 43.9. The Balaban J connectivity index is 1.52. The fourth-order valence-electron chi connectivity index (χ4n) is 6.12. The average molecular weight is 704 g/mol. The number of urea groups is 1. The summed E-state index contributed by atoms with van der Waals surface area (Å²) in [7, 11) is 3.10. The number of anilines is 5. The van der Waals surface area contributed by atoms with E-state index in [0.717, 1.165) is 59.8 Å². The first-order valence-electron chi connectivity index (χ1n) is 17.3. The fraction of sp³-hybridized carbons (Fsp3) is 0.514. The van der Waals surface area contributed by atoms with Crippen LogP contribution in [0.3, 0.4) is 0 Å². The number of fused-ring (bicyclic) bond motifs is 1. The maximum absolute atomic E-state index is 14.1. The predicted octanol–water partition coefficient (Wildman–Crippen LogP) is 6.63. The van der Waals surface area contributed by atoms with Crippen molar-refractivity contribution in [1.29, 1.82) is 0 Å². The SMILES string of the molecule is COC(=O)CCN1C(=O)N(c2c(C)cccc2C)Cc2cnc(Nc3cc(CO[Si](C)(C)C(C)(C)C)c(N4CCN(C)CC4)cc3OC)nc21. The molecule has 1 aromatic heterocycles. The molecule has 2 aromatic carbocycles. The first-order chi connectivity index (χ1) is 23.6. The normalized spacial score (nSPS) is 15.6. The number of carbonyl (C=O) groups is 2. The van der Waals surface area contributed by atoms with Gasteiger partial charge in [0.1, 0.15) is 11.6 Å². The van der Waals surface area contributed by atoms with Crippen LogP contribution in [-0.4, -0.2) is 89.2 Å². The number of benzene rings is 2. The third-order valence-electron chi connectivity index (χ3n) is 10.3. The number of hydrogen-bond acceptors (Lipinski definition) is 10. The number of rotatable bonds is 11. The van der Waals surface area contributed by atoms with Gasteiger partial charge < -0.3 is 29.0 Å². The van der Waals surface area contributed by atoms with E-state index in [1.807, 2.05) is 32.0 Å². The molecule has 0 atom stereocenters. The molecule has 2 aliphatic rings. The van der Waals surface area contributed by atoms with E-state index in [1.54, 1.807) is 23.1 Å². The van der Waals surface area contributed by atoms with Crippen LogP contribution >= 0.6 is 0 Å². The minimum absolute atomic E-state index is 0.0220. The van der Waals surface area contributed by atoms with Crippen LogP contribution < -0.4 is 24.8 Å². The zero-order chi connectivity index (χ0) is 36.4. The van der Waals surface area contributed by atoms with Gasteiger partial charge in [0.05, 0.1) is 45.2 Å². The molecular formula is C37H53N7O5Si. The standard InChI is InChI=1S/C37H53N7O5Si/c1-25-12-11-13-26(2)33(25)44-23-28-22-38-35(40-34(28)43(36(44)46)15-14-32(45)48-8)39-29-20-27(24-49-50(9,10)37(3,4)5)30(21-31(29)47-7)42-18-16-41(6)17-19-42/h11-13,20-22H,14-19,23-24H2,1-10H3,(H,38,39,40). The Kier molecular flexibility index (Phi) is 11.1. The van der Waals surface area contributed by atoms with Crippen molar-refractivity contribution < 1.29 is 23.5 Å². The van der Waals surface area contributed by atoms with Crippen LogP contribution in [0.1, 0.15) is 49.4 Å². The summed E-state index contributed by atoms with van der Waals surface area (Å²) in [6, 6.07) is 9.84. The maximum atomic E-state index is 14.1. The molecule has 2 amide bonds. The summed E-state index contributed by atoms with van der Waals surface area (Å²) in [5, 5.41) is 3.46. The number of aromatic nitrogens is 2. The van der Waals surface area contributed by atoms with Crippen LogP contribution in [0.2, 0.25) is 18.1 Å². The molecule has 0 bridgehead atoms. The van der Waals surface area contributed by atoms with E-state index in [4.69, 9.17) is 23.9 Å². The Morgan fingerprint density at radius 2 is 1.72 bits per heavy atom. The molecule has 3 heterocycles. The Labute approximate surface area is 297 Å². The molecule has 1 saturated heterocycles. The molecule has 13 heteroatoms. The molecular weight excluding hydrogens is 651 g/mol. The largest absolute Gasteiger partial charge is 0.494 e. The number of piperazine rings is 1. The molecule has 270 valence electrons. The van der Waals surface area contributed by atoms with Crippen LogP contribution in [-0.2, 0) is 27.1 Å². The van der Waals surface area contributed by atoms with Crippen LogP contribution in [0, 0.1) is 13.8 Å². The molecule has 1 fully saturated rings. The second kappa shape index (κ2) is 15.0. The second-order valence-electron chi connectivity index (χ2n) is 14.8. The van der Waals surface area contributed by atoms with Gasteiger partial charge in [-0.1, -0.05) is 39.0 Å². The van der Waals surface area contributed by atoms with Crippen LogP contribution in [0.4, 0.5) is 33.6 Å². The number of ether oxygens (including phenoxy) is 2. The Morgan fingerprint density at radius 1 is 1.04 bits per heavy atom. The van der Waals surface area contributed by atoms with E-state index in [-0.39, 0.29) is 24.0 Å². The molecule has 0 spiro atoms. The number of nitrogens with one attached hydrogen (secondary N) is 1. The third-order valence-corrected chi connectivity index (χ3v) is 14.7. The zero-order valence-electron chi connectivity index (χ0n) is 31.3. The minimum atomic E-state index is -2.05. The van der Waals surface area contributed by atoms with Gasteiger partial charge in [-0.2, -0.15) is 4.98 Å². The van der Waals surface area contributed by atoms with Crippen molar-refractivity contribution in [3.05, 3.63) is 58.8 Å². The number of amides is 2. The van der Waals surface area contributed by atoms with Gasteiger partial charge in [0, 0.05) is 61.8 Å². The van der Waals surface area contributed by atoms with Crippen molar-refractivity contribution in [2.45, 2.75) is 72.3 Å². The molecule has 0 saturated carbocycles. The monoisotopic (exact) mass is 703 g/mol. The number of hydrogen-bond donors (Lipinski definition) is 1. The molecule has 1 N–H and O–H groups in total. The van der Waals surface area contributed by atoms with Gasteiger partial charge in [0.15, 0.2) is 8.32 Å². The highest BCUT2D eigenvalue weighted by atomic mass is 28.4. The smallest absolute Gasteiger partial charge is 0.330 e. The highest BCUT2D eigenvalue weighted by Crippen LogP contribution is 2.41. The lowest BCUT2D eigenvalue weighted by atomic mass is 10.1. The summed E-state index contributed by atoms with van der Waals surface area (Å²) < 4.78 is 17.6. The number of esters is 1. The first kappa shape index (κ1) is 37.1. The summed E-state index contributed by atoms with van der Waals surface area (Å²) in [5.74, 6) is 1.00. The van der Waals surface area contributed by atoms with Gasteiger partial charge in [-0.25, -0.2) is 9.78 Å². The zero-order valence-corrected chi connectivity index (χ0v) is 32.3. The highest BCUT2D eigenvalue weighted by Gasteiger charge is 2.38. The minimum Gasteiger partial charge on any atom is -0.494 e. The number of nitrogens with zero attached hydrogens (tertiary/aromatic N) is 6. The van der Waals surface area contributed by atoms with Gasteiger partial charge in [-0.3, -0.25) is 14.6 Å². The Bertz CT molecular complexity index is 1700. The number of carbonyl (C=O) groups excluding carboxylic acids is 2. The van der Waals surface area contributed by atoms with Gasteiger partial charge >= 0.3 is 12.0 Å². The molecule has 12 nitrogen and oxygen atoms in total. The van der Waals surface area contributed by atoms with Crippen molar-refractivity contribution in [2.75, 3.05) is 74.0 Å². The average Bonchev–Trinajstić information content (AvgIpc) is 3.07. The number of likely N-dealkylation sites (N-methyl/N-ethyl adjacent to an activating group) is 1. The van der Waals surface area contributed by atoms with Gasteiger partial charge in [0.25, 0.3) is 0 Å². The quantitative estimate of drug-likeness (QED) is 0.173. The van der Waals surface area contributed by atoms with E-state index >= 15 is 0 Å². The summed E-state index contributed by atoms with van der Waals surface area (Å²) in [6.45, 7) is 19.9. The first-order valence-corrected chi connectivity index (χ1v) is 20.2. The second-order valence-corrected chi connectivity index (χ2v) is 19.6. The molecule has 2 aliphatic heterocycles. The van der Waals surface area contributed by atoms with Crippen molar-refractivity contribution in [1.82, 2.24) is 14.9 Å². The summed E-state index contributed by atoms with van der Waals surface area (Å²) >= 11 is 0. The molecule has 0 aliphatic carbocycles. The van der Waals surface area contributed by atoms with E-state index in [0.29, 0.717) is 36.4 Å². The van der Waals surface area contributed by atoms with E-state index < -0.39 is 14.3 Å². The lowest BCUT2D eigenvalue weighted by Gasteiger charge is -2.38. The fourth-order valence-corrected chi connectivity index (χ4v) is 7.07. The Morgan fingerprint density at radius 3 is 2.34 bits per heavy atom. The molecule has 0 radical (unpaired) electrons. The number of para-hydroxylation sites is 1. The lowest BCUT2D eigenvalue weighted by molar-refractivity contribution is -0.140. The highest BCUT2D eigenvalue weighted by molar-refractivity contribution is 6.74. The van der Waals surface area contributed by atoms with E-state index in [1.165, 1.54) is 7.11 Å². The third kappa shape index (κ3) is 7.90. The predicted molar refractivity (Wildman–Crippen MR) is 201 cm³/mol. The van der Waals surface area contributed by atoms with Crippen molar-refractivity contribution in [3.8, 4) is 5.75 Å². The molecule has 50 heavy (non-hydrogen) atoms. The van der Waals surface area contributed by atoms with E-state index in [9.17, 15) is 9.59 Å². The van der Waals surface area contributed by atoms with Crippen molar-refractivity contribution >= 4 is 49.1 Å². The van der Waals surface area contributed by atoms with Crippen molar-refractivity contribution in [2.24, 2.45) is 0 Å². The van der Waals surface area contributed by atoms with Crippen LogP contribution in [0.5, 0.6) is 5.75 Å². The van der Waals surface area contributed by atoms with Crippen LogP contribution in [0.15, 0.2) is 36.5 Å². The van der Waals surface area contributed by atoms with Crippen molar-refractivity contribution in [3.63, 3.8) is 0 Å². The maximum Gasteiger partial charge on any atom is 0.330 e. The van der Waals surface area contributed by atoms with E-state index in [2.05, 4.69) is 68.2 Å². The molecule has 5 rings (SSSR count).